The van der Waals surface area contributed by atoms with Crippen molar-refractivity contribution < 1.29 is 14.3 Å². The number of carboxylic acid groups (broad SMARTS) is 1. The van der Waals surface area contributed by atoms with Gasteiger partial charge in [0.15, 0.2) is 0 Å². The summed E-state index contributed by atoms with van der Waals surface area (Å²) in [5.41, 5.74) is 0.599. The van der Waals surface area contributed by atoms with Crippen LogP contribution >= 0.6 is 11.8 Å². The number of nitrogens with two attached hydrogens (primary N) is 1. The molecule has 7 nitrogen and oxygen atoms in total. The molecule has 0 spiro atoms. The Morgan fingerprint density at radius 2 is 2.47 bits per heavy atom. The number of aryl methyl sites for hydroxylation is 1. The fraction of sp³-hybridized carbons (Fsp3) is 0.222. The minimum atomic E-state index is -1.07. The Balaban J connectivity index is 2.07. The lowest BCUT2D eigenvalue weighted by atomic mass is 10.3. The number of aromatic nitrogens is 3. The summed E-state index contributed by atoms with van der Waals surface area (Å²) in [5.74, 6) is 5.44. The second kappa shape index (κ2) is 4.50. The van der Waals surface area contributed by atoms with E-state index in [4.69, 9.17) is 15.4 Å². The van der Waals surface area contributed by atoms with Crippen molar-refractivity contribution in [1.82, 2.24) is 14.9 Å². The minimum Gasteiger partial charge on any atom is -0.475 e. The molecule has 8 heteroatoms. The maximum Gasteiger partial charge on any atom is 0.372 e. The highest BCUT2D eigenvalue weighted by Gasteiger charge is 2.14. The van der Waals surface area contributed by atoms with Crippen LogP contribution in [0.25, 0.3) is 0 Å². The monoisotopic (exact) mass is 254 g/mol. The number of carbonyl (C=O) groups is 1. The van der Waals surface area contributed by atoms with Gasteiger partial charge in [-0.3, -0.25) is 0 Å². The van der Waals surface area contributed by atoms with Crippen molar-refractivity contribution in [3.63, 3.8) is 0 Å². The van der Waals surface area contributed by atoms with Gasteiger partial charge in [0.2, 0.25) is 10.9 Å². The van der Waals surface area contributed by atoms with Gasteiger partial charge < -0.3 is 15.4 Å². The topological polar surface area (TPSA) is 107 Å². The fourth-order valence-electron chi connectivity index (χ4n) is 1.30. The molecule has 2 aromatic rings. The normalized spacial score (nSPS) is 10.6. The van der Waals surface area contributed by atoms with Crippen molar-refractivity contribution >= 4 is 17.7 Å². The largest absolute Gasteiger partial charge is 0.475 e. The Morgan fingerprint density at radius 1 is 1.71 bits per heavy atom. The van der Waals surface area contributed by atoms with E-state index < -0.39 is 5.97 Å². The summed E-state index contributed by atoms with van der Waals surface area (Å²) in [6, 6.07) is 1.69. The lowest BCUT2D eigenvalue weighted by Crippen LogP contribution is -2.07. The molecule has 0 bridgehead atoms. The van der Waals surface area contributed by atoms with E-state index in [1.807, 2.05) is 0 Å². The van der Waals surface area contributed by atoms with Crippen molar-refractivity contribution in [2.75, 3.05) is 5.84 Å². The first-order chi connectivity index (χ1) is 8.08. The zero-order valence-electron chi connectivity index (χ0n) is 8.95. The molecule has 0 fully saturated rings. The van der Waals surface area contributed by atoms with Gasteiger partial charge in [-0.25, -0.2) is 9.47 Å². The predicted octanol–water partition coefficient (Wildman–Crippen LogP) is 0.884. The van der Waals surface area contributed by atoms with E-state index in [1.54, 1.807) is 13.0 Å². The molecule has 17 heavy (non-hydrogen) atoms. The van der Waals surface area contributed by atoms with Crippen LogP contribution in [0.3, 0.4) is 0 Å². The average Bonchev–Trinajstić information content (AvgIpc) is 2.82. The number of aromatic carboxylic acids is 1. The summed E-state index contributed by atoms with van der Waals surface area (Å²) in [7, 11) is 0. The Hall–Kier alpha value is -1.96. The lowest BCUT2D eigenvalue weighted by molar-refractivity contribution is 0.0659. The van der Waals surface area contributed by atoms with Crippen LogP contribution in [-0.2, 0) is 5.75 Å². The van der Waals surface area contributed by atoms with Gasteiger partial charge in [-0.1, -0.05) is 11.8 Å². The fourth-order valence-corrected chi connectivity index (χ4v) is 2.02. The molecule has 3 N–H and O–H groups in total. The van der Waals surface area contributed by atoms with Crippen molar-refractivity contribution in [3.8, 4) is 0 Å². The maximum absolute atomic E-state index is 10.8. The molecule has 0 aromatic carbocycles. The molecule has 90 valence electrons. The molecular weight excluding hydrogens is 244 g/mol. The molecule has 2 rings (SSSR count). The minimum absolute atomic E-state index is 0.0326. The highest BCUT2D eigenvalue weighted by Crippen LogP contribution is 2.23. The standard InChI is InChI=1S/C9H10N4O3S/c1-5-2-6(16-7(5)8(14)15)3-17-9-12-11-4-13(9)10/h2,4H,3,10H2,1H3,(H,14,15). The average molecular weight is 254 g/mol. The van der Waals surface area contributed by atoms with E-state index in [9.17, 15) is 4.79 Å². The van der Waals surface area contributed by atoms with Gasteiger partial charge in [-0.05, 0) is 13.0 Å². The van der Waals surface area contributed by atoms with Crippen molar-refractivity contribution in [2.45, 2.75) is 17.8 Å². The summed E-state index contributed by atoms with van der Waals surface area (Å²) in [4.78, 5) is 10.8. The van der Waals surface area contributed by atoms with Gasteiger partial charge in [0, 0.05) is 5.56 Å². The predicted molar refractivity (Wildman–Crippen MR) is 60.1 cm³/mol. The molecule has 0 radical (unpaired) electrons. The molecule has 2 aromatic heterocycles. The summed E-state index contributed by atoms with van der Waals surface area (Å²) < 4.78 is 6.49. The number of carboxylic acids is 1. The maximum atomic E-state index is 10.8. The molecular formula is C9H10N4O3S. The van der Waals surface area contributed by atoms with Crippen LogP contribution in [0, 0.1) is 6.92 Å². The smallest absolute Gasteiger partial charge is 0.372 e. The molecule has 2 heterocycles. The Bertz CT molecular complexity index is 548. The number of nitrogens with zero attached hydrogens (tertiary/aromatic N) is 3. The first kappa shape index (κ1) is 11.5. The molecule has 0 aliphatic heterocycles. The Kier molecular flexibility index (Phi) is 3.05. The summed E-state index contributed by atoms with van der Waals surface area (Å²) in [6.07, 6.45) is 1.39. The molecule has 0 atom stereocenters. The molecule has 0 amide bonds. The second-order valence-electron chi connectivity index (χ2n) is 3.34. The summed E-state index contributed by atoms with van der Waals surface area (Å²) >= 11 is 1.32. The zero-order chi connectivity index (χ0) is 12.4. The molecule has 0 aliphatic carbocycles. The van der Waals surface area contributed by atoms with Crippen LogP contribution < -0.4 is 5.84 Å². The van der Waals surface area contributed by atoms with Crippen molar-refractivity contribution in [2.24, 2.45) is 0 Å². The molecule has 0 unspecified atom stereocenters. The number of nitrogen functional groups attached to an aromatic ring is 1. The van der Waals surface area contributed by atoms with Gasteiger partial charge in [0.25, 0.3) is 0 Å². The molecule has 0 aliphatic rings. The first-order valence-corrected chi connectivity index (χ1v) is 5.67. The van der Waals surface area contributed by atoms with Crippen molar-refractivity contribution in [3.05, 3.63) is 29.5 Å². The van der Waals surface area contributed by atoms with Gasteiger partial charge in [-0.2, -0.15) is 0 Å². The third-order valence-corrected chi connectivity index (χ3v) is 3.03. The number of thioether (sulfide) groups is 1. The van der Waals surface area contributed by atoms with E-state index in [0.29, 0.717) is 22.2 Å². The van der Waals surface area contributed by atoms with Crippen molar-refractivity contribution in [1.29, 1.82) is 0 Å². The van der Waals surface area contributed by atoms with Crippen LogP contribution in [-0.4, -0.2) is 25.9 Å². The van der Waals surface area contributed by atoms with E-state index in [1.165, 1.54) is 22.8 Å². The van der Waals surface area contributed by atoms with Gasteiger partial charge >= 0.3 is 5.97 Å². The van der Waals surface area contributed by atoms with Crippen LogP contribution in [0.1, 0.15) is 21.9 Å². The van der Waals surface area contributed by atoms with Crippen LogP contribution in [0.5, 0.6) is 0 Å². The van der Waals surface area contributed by atoms with Crippen LogP contribution in [0.4, 0.5) is 0 Å². The van der Waals surface area contributed by atoms with E-state index in [0.717, 1.165) is 0 Å². The SMILES string of the molecule is Cc1cc(CSc2nncn2N)oc1C(=O)O. The van der Waals surface area contributed by atoms with E-state index in [2.05, 4.69) is 10.2 Å². The van der Waals surface area contributed by atoms with Gasteiger partial charge in [-0.15, -0.1) is 10.2 Å². The lowest BCUT2D eigenvalue weighted by Gasteiger charge is -1.97. The highest BCUT2D eigenvalue weighted by atomic mass is 32.2. The summed E-state index contributed by atoms with van der Waals surface area (Å²) in [6.45, 7) is 1.69. The van der Waals surface area contributed by atoms with E-state index in [-0.39, 0.29) is 5.76 Å². The number of hydrogen-bond acceptors (Lipinski definition) is 6. The Morgan fingerprint density at radius 3 is 3.00 bits per heavy atom. The second-order valence-corrected chi connectivity index (χ2v) is 4.28. The van der Waals surface area contributed by atoms with Crippen LogP contribution in [0.15, 0.2) is 22.0 Å². The Labute approximate surface area is 101 Å². The quantitative estimate of drug-likeness (QED) is 0.616. The van der Waals surface area contributed by atoms with Gasteiger partial charge in [0.1, 0.15) is 12.1 Å². The molecule has 0 saturated carbocycles. The van der Waals surface area contributed by atoms with Crippen LogP contribution in [0.2, 0.25) is 0 Å². The van der Waals surface area contributed by atoms with E-state index >= 15 is 0 Å². The zero-order valence-corrected chi connectivity index (χ0v) is 9.77. The number of hydrogen-bond donors (Lipinski definition) is 2. The van der Waals surface area contributed by atoms with Gasteiger partial charge in [0.05, 0.1) is 5.75 Å². The highest BCUT2D eigenvalue weighted by molar-refractivity contribution is 7.98. The molecule has 0 saturated heterocycles. The number of rotatable bonds is 4. The summed E-state index contributed by atoms with van der Waals surface area (Å²) in [5, 5.41) is 16.8. The number of furan rings is 1. The first-order valence-electron chi connectivity index (χ1n) is 4.68. The third kappa shape index (κ3) is 2.41. The third-order valence-electron chi connectivity index (χ3n) is 2.05.